The fourth-order valence-corrected chi connectivity index (χ4v) is 6.65. The van der Waals surface area contributed by atoms with Crippen LogP contribution >= 0.6 is 11.6 Å². The van der Waals surface area contributed by atoms with E-state index in [0.717, 1.165) is 5.56 Å². The molecular weight excluding hydrogens is 817 g/mol. The van der Waals surface area contributed by atoms with Crippen LogP contribution in [-0.2, 0) is 19.6 Å². The number of aliphatic hydroxyl groups is 3. The monoisotopic (exact) mass is 853 g/mol. The Morgan fingerprint density at radius 1 is 0.452 bits per heavy atom. The van der Waals surface area contributed by atoms with Crippen molar-refractivity contribution in [2.45, 2.75) is 19.6 Å². The van der Waals surface area contributed by atoms with Gasteiger partial charge in [-0.1, -0.05) is 54.1 Å². The molecule has 0 amide bonds. The van der Waals surface area contributed by atoms with Crippen molar-refractivity contribution in [3.63, 3.8) is 0 Å². The summed E-state index contributed by atoms with van der Waals surface area (Å²) in [6.45, 7) is 0.0607. The Kier molecular flexibility index (Phi) is 13.6. The molecular formula is C45H37ClFN9O6. The van der Waals surface area contributed by atoms with Gasteiger partial charge in [0.05, 0.1) is 39.5 Å². The van der Waals surface area contributed by atoms with E-state index in [2.05, 4.69) is 29.9 Å². The second-order valence-electron chi connectivity index (χ2n) is 13.3. The number of fused-ring (bicyclic) bond motifs is 3. The SMILES string of the molecule is O=c1c(-c2ccc(Cl)cc2)nc2cccnc2n1CCO.O=c1c(-c2ccc(F)cc2)nc2cccnc2n1CCO.O=c1c(-c2ccccc2)nc2cccnc2n1CCO. The highest BCUT2D eigenvalue weighted by Crippen LogP contribution is 2.20. The molecule has 0 fully saturated rings. The molecule has 0 saturated heterocycles. The fourth-order valence-electron chi connectivity index (χ4n) is 6.53. The van der Waals surface area contributed by atoms with Crippen molar-refractivity contribution in [2.75, 3.05) is 19.8 Å². The van der Waals surface area contributed by atoms with E-state index < -0.39 is 0 Å². The molecule has 0 aliphatic heterocycles. The summed E-state index contributed by atoms with van der Waals surface area (Å²) < 4.78 is 17.3. The lowest BCUT2D eigenvalue weighted by Gasteiger charge is -2.10. The summed E-state index contributed by atoms with van der Waals surface area (Å²) in [6, 6.07) is 32.4. The van der Waals surface area contributed by atoms with Gasteiger partial charge in [-0.2, -0.15) is 0 Å². The molecule has 62 heavy (non-hydrogen) atoms. The molecule has 15 nitrogen and oxygen atoms in total. The lowest BCUT2D eigenvalue weighted by molar-refractivity contribution is 0.275. The van der Waals surface area contributed by atoms with Crippen LogP contribution in [0, 0.1) is 5.82 Å². The molecule has 0 aliphatic carbocycles. The fraction of sp³-hybridized carbons (Fsp3) is 0.133. The molecule has 17 heteroatoms. The van der Waals surface area contributed by atoms with Crippen molar-refractivity contribution in [1.29, 1.82) is 0 Å². The first-order valence-electron chi connectivity index (χ1n) is 19.2. The lowest BCUT2D eigenvalue weighted by Crippen LogP contribution is -2.25. The molecule has 0 bridgehead atoms. The van der Waals surface area contributed by atoms with Crippen LogP contribution in [0.15, 0.2) is 148 Å². The first kappa shape index (κ1) is 42.7. The number of pyridine rings is 3. The summed E-state index contributed by atoms with van der Waals surface area (Å²) in [5.41, 5.74) is 5.17. The maximum absolute atomic E-state index is 13.0. The van der Waals surface area contributed by atoms with E-state index in [9.17, 15) is 23.9 Å². The van der Waals surface area contributed by atoms with Crippen LogP contribution in [0.5, 0.6) is 0 Å². The minimum atomic E-state index is -0.378. The van der Waals surface area contributed by atoms with Crippen molar-refractivity contribution >= 4 is 45.1 Å². The van der Waals surface area contributed by atoms with Gasteiger partial charge in [0.2, 0.25) is 0 Å². The largest absolute Gasteiger partial charge is 0.395 e. The van der Waals surface area contributed by atoms with E-state index in [1.54, 1.807) is 73.2 Å². The summed E-state index contributed by atoms with van der Waals surface area (Å²) in [5.74, 6) is -0.378. The Labute approximate surface area is 356 Å². The predicted molar refractivity (Wildman–Crippen MR) is 234 cm³/mol. The number of hydrogen-bond acceptors (Lipinski definition) is 12. The number of rotatable bonds is 9. The third-order valence-corrected chi connectivity index (χ3v) is 9.61. The summed E-state index contributed by atoms with van der Waals surface area (Å²) in [5, 5.41) is 28.1. The van der Waals surface area contributed by atoms with Crippen LogP contribution < -0.4 is 16.7 Å². The first-order valence-corrected chi connectivity index (χ1v) is 19.6. The normalized spacial score (nSPS) is 10.9. The van der Waals surface area contributed by atoms with E-state index in [1.807, 2.05) is 36.4 Å². The van der Waals surface area contributed by atoms with E-state index in [0.29, 0.717) is 61.0 Å². The Morgan fingerprint density at radius 3 is 1.15 bits per heavy atom. The quantitative estimate of drug-likeness (QED) is 0.173. The Morgan fingerprint density at radius 2 is 0.790 bits per heavy atom. The zero-order chi connectivity index (χ0) is 43.6. The molecule has 6 aromatic heterocycles. The Bertz CT molecular complexity index is 3020. The van der Waals surface area contributed by atoms with E-state index in [-0.39, 0.29) is 67.6 Å². The second-order valence-corrected chi connectivity index (χ2v) is 13.8. The molecule has 0 spiro atoms. The number of benzene rings is 3. The zero-order valence-electron chi connectivity index (χ0n) is 32.8. The molecule has 3 aromatic carbocycles. The smallest absolute Gasteiger partial charge is 0.278 e. The minimum absolute atomic E-state index is 0.121. The van der Waals surface area contributed by atoms with Gasteiger partial charge in [0.25, 0.3) is 16.7 Å². The van der Waals surface area contributed by atoms with Gasteiger partial charge >= 0.3 is 0 Å². The first-order chi connectivity index (χ1) is 30.2. The van der Waals surface area contributed by atoms with Crippen molar-refractivity contribution in [3.05, 3.63) is 176 Å². The predicted octanol–water partition coefficient (Wildman–Crippen LogP) is 5.14. The molecule has 0 atom stereocenters. The number of aliphatic hydroxyl groups excluding tert-OH is 3. The third kappa shape index (κ3) is 9.33. The number of aromatic nitrogens is 9. The minimum Gasteiger partial charge on any atom is -0.395 e. The van der Waals surface area contributed by atoms with Crippen molar-refractivity contribution in [2.24, 2.45) is 0 Å². The highest BCUT2D eigenvalue weighted by molar-refractivity contribution is 6.30. The molecule has 312 valence electrons. The summed E-state index contributed by atoms with van der Waals surface area (Å²) in [7, 11) is 0. The van der Waals surface area contributed by atoms with Crippen LogP contribution in [0.4, 0.5) is 4.39 Å². The van der Waals surface area contributed by atoms with Crippen LogP contribution in [0.2, 0.25) is 5.02 Å². The van der Waals surface area contributed by atoms with Crippen molar-refractivity contribution in [1.82, 2.24) is 43.6 Å². The van der Waals surface area contributed by atoms with E-state index >= 15 is 0 Å². The van der Waals surface area contributed by atoms with Gasteiger partial charge in [-0.05, 0) is 72.8 Å². The van der Waals surface area contributed by atoms with Crippen LogP contribution in [-0.4, -0.2) is 78.7 Å². The van der Waals surface area contributed by atoms with Gasteiger partial charge in [0.1, 0.15) is 39.4 Å². The summed E-state index contributed by atoms with van der Waals surface area (Å²) >= 11 is 5.87. The Balaban J connectivity index is 0.000000140. The lowest BCUT2D eigenvalue weighted by atomic mass is 10.1. The van der Waals surface area contributed by atoms with Crippen LogP contribution in [0.3, 0.4) is 0 Å². The summed E-state index contributed by atoms with van der Waals surface area (Å²) in [6.07, 6.45) is 4.77. The van der Waals surface area contributed by atoms with Gasteiger partial charge in [-0.25, -0.2) is 34.3 Å². The van der Waals surface area contributed by atoms with Crippen LogP contribution in [0.1, 0.15) is 0 Å². The third-order valence-electron chi connectivity index (χ3n) is 9.36. The van der Waals surface area contributed by atoms with E-state index in [1.165, 1.54) is 38.0 Å². The van der Waals surface area contributed by atoms with Gasteiger partial charge in [-0.15, -0.1) is 0 Å². The molecule has 0 aliphatic rings. The highest BCUT2D eigenvalue weighted by atomic mass is 35.5. The van der Waals surface area contributed by atoms with E-state index in [4.69, 9.17) is 21.8 Å². The maximum Gasteiger partial charge on any atom is 0.278 e. The van der Waals surface area contributed by atoms with Gasteiger partial charge in [0, 0.05) is 40.3 Å². The second kappa shape index (κ2) is 19.8. The molecule has 3 N–H and O–H groups in total. The van der Waals surface area contributed by atoms with Gasteiger partial charge < -0.3 is 15.3 Å². The highest BCUT2D eigenvalue weighted by Gasteiger charge is 2.16. The molecule has 6 heterocycles. The molecule has 9 rings (SSSR count). The molecule has 0 unspecified atom stereocenters. The molecule has 9 aromatic rings. The average Bonchev–Trinajstić information content (AvgIpc) is 3.30. The standard InChI is InChI=1S/C15H12ClN3O2.C15H12FN3O2.C15H13N3O2/c2*16-11-5-3-10(4-6-11)13-15(21)19(8-9-20)14-12(18-13)2-1-7-17-14;19-10-9-18-14-12(7-4-8-16-14)17-13(15(18)20)11-5-2-1-3-6-11/h2*1-7,20H,8-9H2;1-8,19H,9-10H2. The Hall–Kier alpha value is -7.37. The number of nitrogens with zero attached hydrogens (tertiary/aromatic N) is 9. The average molecular weight is 854 g/mol. The topological polar surface area (TPSA) is 204 Å². The van der Waals surface area contributed by atoms with Crippen molar-refractivity contribution in [3.8, 4) is 33.8 Å². The number of halogens is 2. The molecule has 0 radical (unpaired) electrons. The zero-order valence-corrected chi connectivity index (χ0v) is 33.5. The summed E-state index contributed by atoms with van der Waals surface area (Å²) in [4.78, 5) is 63.2. The van der Waals surface area contributed by atoms with Gasteiger partial charge in [-0.3, -0.25) is 28.1 Å². The maximum atomic E-state index is 13.0. The van der Waals surface area contributed by atoms with Crippen molar-refractivity contribution < 1.29 is 19.7 Å². The van der Waals surface area contributed by atoms with Gasteiger partial charge in [0.15, 0.2) is 16.9 Å². The molecule has 0 saturated carbocycles. The van der Waals surface area contributed by atoms with Crippen LogP contribution in [0.25, 0.3) is 67.3 Å². The number of hydrogen-bond donors (Lipinski definition) is 3.